The van der Waals surface area contributed by atoms with Gasteiger partial charge < -0.3 is 0 Å². The molecule has 0 fully saturated rings. The van der Waals surface area contributed by atoms with Crippen LogP contribution in [-0.4, -0.2) is 12.3 Å². The summed E-state index contributed by atoms with van der Waals surface area (Å²) in [7, 11) is 1.59. The number of anilines is 1. The van der Waals surface area contributed by atoms with Crippen LogP contribution in [0.15, 0.2) is 30.8 Å². The summed E-state index contributed by atoms with van der Waals surface area (Å²) in [6.07, 6.45) is 1.71. The van der Waals surface area contributed by atoms with E-state index in [0.29, 0.717) is 0 Å². The van der Waals surface area contributed by atoms with Crippen molar-refractivity contribution in [1.29, 1.82) is 0 Å². The average molecular weight is 149 g/mol. The van der Waals surface area contributed by atoms with Gasteiger partial charge in [0.25, 0.3) is 0 Å². The lowest BCUT2D eigenvalue weighted by Gasteiger charge is -2.12. The summed E-state index contributed by atoms with van der Waals surface area (Å²) < 4.78 is 0. The summed E-state index contributed by atoms with van der Waals surface area (Å²) >= 11 is 0. The summed E-state index contributed by atoms with van der Waals surface area (Å²) in [4.78, 5) is 0. The Kier molecular flexibility index (Phi) is 2.28. The van der Waals surface area contributed by atoms with E-state index >= 15 is 0 Å². The molecule has 0 amide bonds. The third-order valence-corrected chi connectivity index (χ3v) is 1.51. The number of para-hydroxylation sites is 1. The minimum atomic E-state index is 0.766. The molecule has 58 valence electrons. The van der Waals surface area contributed by atoms with Crippen molar-refractivity contribution in [3.8, 4) is 0 Å². The van der Waals surface area contributed by atoms with Crippen LogP contribution in [0.4, 0.5) is 5.69 Å². The second-order valence-corrected chi connectivity index (χ2v) is 2.29. The van der Waals surface area contributed by atoms with E-state index in [1.807, 2.05) is 24.3 Å². The van der Waals surface area contributed by atoms with E-state index in [0.717, 1.165) is 16.3 Å². The van der Waals surface area contributed by atoms with E-state index < -0.39 is 0 Å². The highest BCUT2D eigenvalue weighted by molar-refractivity contribution is 5.65. The molecule has 11 heavy (non-hydrogen) atoms. The normalized spacial score (nSPS) is 9.27. The third kappa shape index (κ3) is 1.59. The van der Waals surface area contributed by atoms with E-state index in [1.54, 1.807) is 13.1 Å². The molecule has 0 aliphatic carbocycles. The molecule has 0 aromatic heterocycles. The summed E-state index contributed by atoms with van der Waals surface area (Å²) in [5, 5.41) is 10.2. The second kappa shape index (κ2) is 3.21. The van der Waals surface area contributed by atoms with Crippen molar-refractivity contribution in [3.63, 3.8) is 0 Å². The molecule has 2 heteroatoms. The van der Waals surface area contributed by atoms with Gasteiger partial charge in [-0.1, -0.05) is 30.9 Å². The van der Waals surface area contributed by atoms with Crippen molar-refractivity contribution in [3.05, 3.63) is 36.4 Å². The lowest BCUT2D eigenvalue weighted by molar-refractivity contribution is 0.279. The lowest BCUT2D eigenvalue weighted by Crippen LogP contribution is -2.10. The van der Waals surface area contributed by atoms with Gasteiger partial charge in [0.15, 0.2) is 0 Å². The van der Waals surface area contributed by atoms with Crippen LogP contribution in [0.5, 0.6) is 0 Å². The first kappa shape index (κ1) is 7.82. The first-order valence-electron chi connectivity index (χ1n) is 3.40. The van der Waals surface area contributed by atoms with E-state index in [4.69, 9.17) is 5.21 Å². The maximum absolute atomic E-state index is 9.12. The third-order valence-electron chi connectivity index (χ3n) is 1.51. The number of hydroxylamine groups is 1. The smallest absolute Gasteiger partial charge is 0.0702 e. The predicted octanol–water partition coefficient (Wildman–Crippen LogP) is 2.16. The zero-order chi connectivity index (χ0) is 8.27. The van der Waals surface area contributed by atoms with Crippen molar-refractivity contribution in [2.24, 2.45) is 0 Å². The van der Waals surface area contributed by atoms with E-state index in [2.05, 4.69) is 6.58 Å². The molecule has 0 spiro atoms. The molecule has 1 aromatic rings. The molecule has 0 aliphatic rings. The van der Waals surface area contributed by atoms with Crippen LogP contribution in [0.1, 0.15) is 5.56 Å². The van der Waals surface area contributed by atoms with Gasteiger partial charge in [-0.15, -0.1) is 0 Å². The fourth-order valence-corrected chi connectivity index (χ4v) is 0.955. The molecule has 0 radical (unpaired) electrons. The van der Waals surface area contributed by atoms with Crippen LogP contribution >= 0.6 is 0 Å². The van der Waals surface area contributed by atoms with Crippen molar-refractivity contribution < 1.29 is 5.21 Å². The highest BCUT2D eigenvalue weighted by Gasteiger charge is 1.99. The molecule has 0 heterocycles. The van der Waals surface area contributed by atoms with E-state index in [-0.39, 0.29) is 0 Å². The molecule has 0 atom stereocenters. The van der Waals surface area contributed by atoms with Gasteiger partial charge in [-0.05, 0) is 11.6 Å². The minimum absolute atomic E-state index is 0.766. The fraction of sp³-hybridized carbons (Fsp3) is 0.111. The largest absolute Gasteiger partial charge is 0.289 e. The van der Waals surface area contributed by atoms with Crippen molar-refractivity contribution >= 4 is 11.8 Å². The monoisotopic (exact) mass is 149 g/mol. The Bertz CT molecular complexity index is 255. The number of benzene rings is 1. The number of nitrogens with zero attached hydrogens (tertiary/aromatic N) is 1. The summed E-state index contributed by atoms with van der Waals surface area (Å²) in [6, 6.07) is 7.51. The molecule has 0 unspecified atom stereocenters. The quantitative estimate of drug-likeness (QED) is 0.651. The Morgan fingerprint density at radius 1 is 1.45 bits per heavy atom. The highest BCUT2D eigenvalue weighted by Crippen LogP contribution is 2.17. The molecule has 1 N–H and O–H groups in total. The molecule has 1 aromatic carbocycles. The Morgan fingerprint density at radius 3 is 2.55 bits per heavy atom. The van der Waals surface area contributed by atoms with Crippen LogP contribution in [0.2, 0.25) is 0 Å². The summed E-state index contributed by atoms with van der Waals surface area (Å²) in [5.74, 6) is 0. The van der Waals surface area contributed by atoms with Crippen molar-refractivity contribution in [1.82, 2.24) is 0 Å². The minimum Gasteiger partial charge on any atom is -0.289 e. The molecule has 0 bridgehead atoms. The summed E-state index contributed by atoms with van der Waals surface area (Å²) in [6.45, 7) is 3.64. The van der Waals surface area contributed by atoms with E-state index in [1.165, 1.54) is 0 Å². The molecular weight excluding hydrogens is 138 g/mol. The highest BCUT2D eigenvalue weighted by atomic mass is 16.5. The van der Waals surface area contributed by atoms with Crippen molar-refractivity contribution in [2.45, 2.75) is 0 Å². The van der Waals surface area contributed by atoms with Crippen molar-refractivity contribution in [2.75, 3.05) is 12.1 Å². The zero-order valence-electron chi connectivity index (χ0n) is 6.49. The first-order valence-corrected chi connectivity index (χ1v) is 3.40. The standard InChI is InChI=1S/C9H11NO/c1-3-8-6-4-5-7-9(8)10(2)11/h3-7,11H,1H2,2H3. The molecular formula is C9H11NO. The Hall–Kier alpha value is -1.28. The first-order chi connectivity index (χ1) is 5.25. The Balaban J connectivity index is 3.12. The maximum Gasteiger partial charge on any atom is 0.0702 e. The van der Waals surface area contributed by atoms with Crippen LogP contribution in [0.3, 0.4) is 0 Å². The van der Waals surface area contributed by atoms with Crippen LogP contribution in [-0.2, 0) is 0 Å². The van der Waals surface area contributed by atoms with Gasteiger partial charge in [0.2, 0.25) is 0 Å². The molecule has 0 saturated heterocycles. The molecule has 0 aliphatic heterocycles. The Morgan fingerprint density at radius 2 is 2.09 bits per heavy atom. The Labute approximate surface area is 66.3 Å². The number of hydrogen-bond acceptors (Lipinski definition) is 2. The zero-order valence-corrected chi connectivity index (χ0v) is 6.49. The van der Waals surface area contributed by atoms with Gasteiger partial charge in [0.05, 0.1) is 5.69 Å². The number of rotatable bonds is 2. The van der Waals surface area contributed by atoms with Gasteiger partial charge in [-0.25, -0.2) is 0 Å². The second-order valence-electron chi connectivity index (χ2n) is 2.29. The van der Waals surface area contributed by atoms with Gasteiger partial charge in [-0.2, -0.15) is 0 Å². The van der Waals surface area contributed by atoms with Crippen LogP contribution in [0, 0.1) is 0 Å². The summed E-state index contributed by atoms with van der Waals surface area (Å²) in [5.41, 5.74) is 1.69. The molecule has 2 nitrogen and oxygen atoms in total. The fourth-order valence-electron chi connectivity index (χ4n) is 0.955. The maximum atomic E-state index is 9.12. The van der Waals surface area contributed by atoms with Gasteiger partial charge in [0.1, 0.15) is 0 Å². The predicted molar refractivity (Wildman–Crippen MR) is 46.7 cm³/mol. The van der Waals surface area contributed by atoms with E-state index in [9.17, 15) is 0 Å². The SMILES string of the molecule is C=Cc1ccccc1N(C)O. The average Bonchev–Trinajstić information content (AvgIpc) is 2.04. The lowest BCUT2D eigenvalue weighted by atomic mass is 10.2. The van der Waals surface area contributed by atoms with Gasteiger partial charge in [-0.3, -0.25) is 10.3 Å². The molecule has 0 saturated carbocycles. The van der Waals surface area contributed by atoms with Gasteiger partial charge in [0, 0.05) is 7.05 Å². The van der Waals surface area contributed by atoms with Crippen LogP contribution in [0.25, 0.3) is 6.08 Å². The van der Waals surface area contributed by atoms with Gasteiger partial charge >= 0.3 is 0 Å². The topological polar surface area (TPSA) is 23.5 Å². The number of hydrogen-bond donors (Lipinski definition) is 1. The van der Waals surface area contributed by atoms with Crippen LogP contribution < -0.4 is 5.06 Å². The molecule has 1 rings (SSSR count).